The zero-order valence-electron chi connectivity index (χ0n) is 4.07. The number of carbonyl (C=O) groups excluding carboxylic acids is 1. The number of rotatable bonds is 2. The minimum Gasteiger partial charge on any atom is -0.324 e. The highest BCUT2D eigenvalue weighted by Gasteiger charge is 2.10. The van der Waals surface area contributed by atoms with Gasteiger partial charge in [0.25, 0.3) is 0 Å². The van der Waals surface area contributed by atoms with Gasteiger partial charge >= 0.3 is 16.4 Å². The summed E-state index contributed by atoms with van der Waals surface area (Å²) in [6, 6.07) is 0. The monoisotopic (exact) mass is 174 g/mol. The first-order valence-electron chi connectivity index (χ1n) is 1.71. The van der Waals surface area contributed by atoms with Gasteiger partial charge in [-0.25, -0.2) is 4.79 Å². The van der Waals surface area contributed by atoms with E-state index in [9.17, 15) is 13.2 Å². The van der Waals surface area contributed by atoms with Gasteiger partial charge in [0.1, 0.15) is 5.88 Å². The van der Waals surface area contributed by atoms with Gasteiger partial charge in [-0.05, 0) is 0 Å². The first-order chi connectivity index (χ1) is 3.95. The van der Waals surface area contributed by atoms with Crippen LogP contribution in [0.5, 0.6) is 0 Å². The minimum atomic E-state index is -4.67. The zero-order chi connectivity index (χ0) is 7.49. The van der Waals surface area contributed by atoms with Gasteiger partial charge < -0.3 is 4.18 Å². The molecule has 1 N–H and O–H groups in total. The van der Waals surface area contributed by atoms with E-state index in [0.717, 1.165) is 0 Å². The Hall–Kier alpha value is -0.330. The maximum atomic E-state index is 9.93. The molecule has 0 fully saturated rings. The van der Waals surface area contributed by atoms with Crippen LogP contribution in [0.25, 0.3) is 0 Å². The van der Waals surface area contributed by atoms with Crippen molar-refractivity contribution in [3.05, 3.63) is 0 Å². The maximum absolute atomic E-state index is 9.93. The molecule has 0 aromatic carbocycles. The van der Waals surface area contributed by atoms with Gasteiger partial charge in [0.2, 0.25) is 0 Å². The van der Waals surface area contributed by atoms with Crippen molar-refractivity contribution < 1.29 is 21.9 Å². The molecule has 0 aromatic heterocycles. The van der Waals surface area contributed by atoms with E-state index in [1.807, 2.05) is 0 Å². The van der Waals surface area contributed by atoms with Crippen molar-refractivity contribution in [2.75, 3.05) is 5.88 Å². The second-order valence-electron chi connectivity index (χ2n) is 1.02. The van der Waals surface area contributed by atoms with E-state index in [0.29, 0.717) is 0 Å². The number of hydrogen-bond donors (Lipinski definition) is 1. The van der Waals surface area contributed by atoms with E-state index >= 15 is 0 Å². The molecule has 0 saturated heterocycles. The Morgan fingerprint density at radius 2 is 2.11 bits per heavy atom. The molecule has 0 aliphatic rings. The summed E-state index contributed by atoms with van der Waals surface area (Å²) in [7, 11) is -4.67. The van der Waals surface area contributed by atoms with Crippen molar-refractivity contribution >= 4 is 28.0 Å². The van der Waals surface area contributed by atoms with Gasteiger partial charge in [0.15, 0.2) is 0 Å². The minimum absolute atomic E-state index is 0.611. The first kappa shape index (κ1) is 8.67. The molecule has 0 unspecified atom stereocenters. The summed E-state index contributed by atoms with van der Waals surface area (Å²) in [4.78, 5) is 9.93. The van der Waals surface area contributed by atoms with E-state index in [1.165, 1.54) is 0 Å². The quantitative estimate of drug-likeness (QED) is 0.454. The number of hydrogen-bond acceptors (Lipinski definition) is 4. The second-order valence-corrected chi connectivity index (χ2v) is 2.31. The van der Waals surface area contributed by atoms with Crippen LogP contribution < -0.4 is 0 Å². The average Bonchev–Trinajstić information content (AvgIpc) is 1.62. The molecule has 0 bridgehead atoms. The van der Waals surface area contributed by atoms with Gasteiger partial charge in [-0.3, -0.25) is 4.55 Å². The normalized spacial score (nSPS) is 10.9. The van der Waals surface area contributed by atoms with Crippen molar-refractivity contribution in [1.82, 2.24) is 0 Å². The SMILES string of the molecule is O=C(CCl)OS(=O)(=O)O. The summed E-state index contributed by atoms with van der Waals surface area (Å²) >= 11 is 4.81. The summed E-state index contributed by atoms with van der Waals surface area (Å²) in [5, 5.41) is 0. The third kappa shape index (κ3) is 5.54. The molecule has 0 heterocycles. The first-order valence-corrected chi connectivity index (χ1v) is 3.61. The molecule has 0 aliphatic heterocycles. The van der Waals surface area contributed by atoms with Crippen LogP contribution in [0.4, 0.5) is 0 Å². The second kappa shape index (κ2) is 3.00. The highest BCUT2D eigenvalue weighted by atomic mass is 35.5. The predicted octanol–water partition coefficient (Wildman–Crippen LogP) is -0.429. The summed E-state index contributed by atoms with van der Waals surface area (Å²) < 4.78 is 30.4. The van der Waals surface area contributed by atoms with Crippen LogP contribution >= 0.6 is 11.6 Å². The lowest BCUT2D eigenvalue weighted by atomic mass is 10.8. The van der Waals surface area contributed by atoms with E-state index in [-0.39, 0.29) is 0 Å². The lowest BCUT2D eigenvalue weighted by Crippen LogP contribution is -2.12. The van der Waals surface area contributed by atoms with Gasteiger partial charge in [-0.1, -0.05) is 0 Å². The molecule has 5 nitrogen and oxygen atoms in total. The fourth-order valence-corrected chi connectivity index (χ4v) is 0.553. The molecule has 9 heavy (non-hydrogen) atoms. The van der Waals surface area contributed by atoms with Crippen molar-refractivity contribution in [3.8, 4) is 0 Å². The zero-order valence-corrected chi connectivity index (χ0v) is 5.65. The molecular formula is C2H3ClO5S. The van der Waals surface area contributed by atoms with Crippen LogP contribution in [0.15, 0.2) is 0 Å². The largest absolute Gasteiger partial charge is 0.449 e. The van der Waals surface area contributed by atoms with Crippen LogP contribution in [0.3, 0.4) is 0 Å². The average molecular weight is 175 g/mol. The van der Waals surface area contributed by atoms with Gasteiger partial charge in [0, 0.05) is 0 Å². The summed E-state index contributed by atoms with van der Waals surface area (Å²) in [6.45, 7) is 0. The van der Waals surface area contributed by atoms with Crippen molar-refractivity contribution in [1.29, 1.82) is 0 Å². The molecule has 0 saturated carbocycles. The van der Waals surface area contributed by atoms with Gasteiger partial charge in [0.05, 0.1) is 0 Å². The Morgan fingerprint density at radius 1 is 1.67 bits per heavy atom. The standard InChI is InChI=1S/C2H3ClO5S/c3-1-2(4)8-9(5,6)7/h1H2,(H,5,6,7). The van der Waals surface area contributed by atoms with E-state index in [2.05, 4.69) is 4.18 Å². The molecule has 0 spiro atoms. The van der Waals surface area contributed by atoms with Crippen molar-refractivity contribution in [2.45, 2.75) is 0 Å². The summed E-state index contributed by atoms with van der Waals surface area (Å²) in [5.41, 5.74) is 0. The number of halogens is 1. The maximum Gasteiger partial charge on any atom is 0.449 e. The molecule has 7 heteroatoms. The fourth-order valence-electron chi connectivity index (χ4n) is 0.140. The van der Waals surface area contributed by atoms with Crippen molar-refractivity contribution in [3.63, 3.8) is 0 Å². The van der Waals surface area contributed by atoms with E-state index in [1.54, 1.807) is 0 Å². The molecule has 0 aliphatic carbocycles. The third-order valence-electron chi connectivity index (χ3n) is 0.307. The molecule has 54 valence electrons. The van der Waals surface area contributed by atoms with Crippen LogP contribution in [0.1, 0.15) is 0 Å². The third-order valence-corrected chi connectivity index (χ3v) is 0.922. The van der Waals surface area contributed by atoms with E-state index < -0.39 is 22.2 Å². The lowest BCUT2D eigenvalue weighted by molar-refractivity contribution is -0.131. The highest BCUT2D eigenvalue weighted by molar-refractivity contribution is 7.81. The summed E-state index contributed by atoms with van der Waals surface area (Å²) in [6.07, 6.45) is 0. The molecule has 0 rings (SSSR count). The molecule has 0 atom stereocenters. The van der Waals surface area contributed by atoms with Crippen LogP contribution in [-0.4, -0.2) is 24.8 Å². The van der Waals surface area contributed by atoms with Crippen LogP contribution in [0.2, 0.25) is 0 Å². The Bertz CT molecular complexity index is 193. The molecule has 0 amide bonds. The Balaban J connectivity index is 3.91. The van der Waals surface area contributed by atoms with Crippen LogP contribution in [-0.2, 0) is 19.4 Å². The van der Waals surface area contributed by atoms with E-state index in [4.69, 9.17) is 16.2 Å². The van der Waals surface area contributed by atoms with Gasteiger partial charge in [-0.2, -0.15) is 8.42 Å². The molecular weight excluding hydrogens is 172 g/mol. The predicted molar refractivity (Wildman–Crippen MR) is 28.4 cm³/mol. The summed E-state index contributed by atoms with van der Waals surface area (Å²) in [5.74, 6) is -1.82. The Morgan fingerprint density at radius 3 is 2.22 bits per heavy atom. The topological polar surface area (TPSA) is 80.7 Å². The molecule has 0 aromatic rings. The fraction of sp³-hybridized carbons (Fsp3) is 0.500. The highest BCUT2D eigenvalue weighted by Crippen LogP contribution is 1.88. The Kier molecular flexibility index (Phi) is 2.89. The number of alkyl halides is 1. The molecule has 0 radical (unpaired) electrons. The van der Waals surface area contributed by atoms with Crippen molar-refractivity contribution in [2.24, 2.45) is 0 Å². The smallest absolute Gasteiger partial charge is 0.324 e. The van der Waals surface area contributed by atoms with Gasteiger partial charge in [-0.15, -0.1) is 11.6 Å². The lowest BCUT2D eigenvalue weighted by Gasteiger charge is -1.92. The Labute approximate surface area is 56.5 Å². The van der Waals surface area contributed by atoms with Crippen LogP contribution in [0, 0.1) is 0 Å². The number of carbonyl (C=O) groups is 1.